The quantitative estimate of drug-likeness (QED) is 0.114. The molecule has 313 valence electrons. The van der Waals surface area contributed by atoms with Crippen LogP contribution in [0.3, 0.4) is 0 Å². The number of benzene rings is 6. The van der Waals surface area contributed by atoms with Crippen LogP contribution in [0.4, 0.5) is 0 Å². The van der Waals surface area contributed by atoms with Crippen LogP contribution in [0.2, 0.25) is 13.1 Å². The number of allylic oxidation sites excluding steroid dienone is 2. The fraction of sp³-hybridized carbons (Fsp3) is 0.333. The van der Waals surface area contributed by atoms with E-state index in [0.717, 1.165) is 11.8 Å². The van der Waals surface area contributed by atoms with E-state index in [1.54, 1.807) is 33.4 Å². The molecule has 62 heavy (non-hydrogen) atoms. The Morgan fingerprint density at radius 1 is 0.403 bits per heavy atom. The third-order valence-electron chi connectivity index (χ3n) is 14.5. The molecule has 4 aliphatic carbocycles. The molecular weight excluding hydrogens is 840 g/mol. The molecule has 0 saturated heterocycles. The van der Waals surface area contributed by atoms with Crippen molar-refractivity contribution in [3.8, 4) is 44.5 Å². The summed E-state index contributed by atoms with van der Waals surface area (Å²) in [7, 11) is 0. The van der Waals surface area contributed by atoms with Crippen LogP contribution in [0.25, 0.3) is 56.7 Å². The summed E-state index contributed by atoms with van der Waals surface area (Å²) in [6.07, 6.45) is 13.7. The molecule has 6 aromatic rings. The number of aryl methyl sites for hydroxylation is 8. The van der Waals surface area contributed by atoms with E-state index >= 15 is 0 Å². The van der Waals surface area contributed by atoms with Crippen molar-refractivity contribution in [2.24, 2.45) is 11.8 Å². The van der Waals surface area contributed by atoms with Gasteiger partial charge in [0.05, 0.1) is 0 Å². The van der Waals surface area contributed by atoms with E-state index in [9.17, 15) is 0 Å². The SMILES string of the molecule is Cc1cc(C)cc(-c2ccc(-c3cc(C)cc(C)c3)c3c2C=C(CC2CC2)[CH]3[Zr]([CH]2C(CC3CC3)=Cc3c(-c4cc(C)cc(C)c4)ccc(-c4cc(C)cc(C)c4)c32)[SiH](C)C)c1. The summed E-state index contributed by atoms with van der Waals surface area (Å²) in [5.74, 6) is 0.475. The first-order valence-corrected chi connectivity index (χ1v) is 33.7. The molecule has 10 rings (SSSR count). The van der Waals surface area contributed by atoms with E-state index in [0.29, 0.717) is 7.25 Å². The minimum absolute atomic E-state index is 0.567. The van der Waals surface area contributed by atoms with Crippen LogP contribution in [-0.2, 0) is 20.9 Å². The van der Waals surface area contributed by atoms with Crippen molar-refractivity contribution in [3.05, 3.63) is 175 Å². The summed E-state index contributed by atoms with van der Waals surface area (Å²) in [6, 6.07) is 39.3. The van der Waals surface area contributed by atoms with Gasteiger partial charge in [0.2, 0.25) is 0 Å². The summed E-state index contributed by atoms with van der Waals surface area (Å²) in [5, 5.41) is 0. The fourth-order valence-electron chi connectivity index (χ4n) is 11.9. The Hall–Kier alpha value is -4.10. The minimum atomic E-state index is -2.60. The van der Waals surface area contributed by atoms with Crippen molar-refractivity contribution in [3.63, 3.8) is 0 Å². The third kappa shape index (κ3) is 8.14. The zero-order chi connectivity index (χ0) is 43.1. The van der Waals surface area contributed by atoms with Gasteiger partial charge in [-0.2, -0.15) is 0 Å². The molecule has 0 aliphatic heterocycles. The summed E-state index contributed by atoms with van der Waals surface area (Å²) in [4.78, 5) is 0. The zero-order valence-corrected chi connectivity index (χ0v) is 42.6. The summed E-state index contributed by atoms with van der Waals surface area (Å²) in [5.41, 5.74) is 32.5. The van der Waals surface area contributed by atoms with Crippen molar-refractivity contribution in [1.29, 1.82) is 0 Å². The van der Waals surface area contributed by atoms with Crippen molar-refractivity contribution in [2.75, 3.05) is 0 Å². The predicted octanol–water partition coefficient (Wildman–Crippen LogP) is 16.6. The van der Waals surface area contributed by atoms with Gasteiger partial charge in [0.15, 0.2) is 0 Å². The van der Waals surface area contributed by atoms with Gasteiger partial charge in [0, 0.05) is 0 Å². The first-order chi connectivity index (χ1) is 29.8. The molecule has 2 unspecified atom stereocenters. The van der Waals surface area contributed by atoms with Crippen molar-refractivity contribution in [1.82, 2.24) is 0 Å². The average Bonchev–Trinajstić information content (AvgIpc) is 4.12. The summed E-state index contributed by atoms with van der Waals surface area (Å²) >= 11 is -2.60. The Balaban J connectivity index is 1.26. The van der Waals surface area contributed by atoms with Crippen LogP contribution in [0.15, 0.2) is 108 Å². The van der Waals surface area contributed by atoms with E-state index in [1.165, 1.54) is 128 Å². The first-order valence-electron chi connectivity index (χ1n) is 23.7. The van der Waals surface area contributed by atoms with E-state index in [2.05, 4.69) is 178 Å². The maximum absolute atomic E-state index is 2.80. The standard InChI is InChI=1S/2C29H29.C2H7Si.Zr/c2*1-18-9-19(2)12-24(11-18)26-7-8-27(25-13-20(3)10-21(4)14-25)29-17-23(16-28(26)29)15-22-5-6-22;1-3-2;/h2*7-14,16-17,22H,5-6,15H2,1-4H3;3H,1-2H3;. The van der Waals surface area contributed by atoms with Gasteiger partial charge in [-0.05, 0) is 0 Å². The van der Waals surface area contributed by atoms with Crippen LogP contribution < -0.4 is 0 Å². The number of fused-ring (bicyclic) bond motifs is 2. The number of hydrogen-bond donors (Lipinski definition) is 0. The number of hydrogen-bond acceptors (Lipinski definition) is 0. The van der Waals surface area contributed by atoms with Crippen LogP contribution in [0.1, 0.15) is 113 Å². The molecule has 0 N–H and O–H groups in total. The van der Waals surface area contributed by atoms with Gasteiger partial charge in [0.25, 0.3) is 0 Å². The van der Waals surface area contributed by atoms with Crippen LogP contribution in [0, 0.1) is 67.2 Å². The topological polar surface area (TPSA) is 0 Å². The van der Waals surface area contributed by atoms with Gasteiger partial charge in [-0.25, -0.2) is 0 Å². The van der Waals surface area contributed by atoms with Crippen molar-refractivity contribution < 1.29 is 20.9 Å². The van der Waals surface area contributed by atoms with Crippen LogP contribution in [-0.4, -0.2) is 5.92 Å². The van der Waals surface area contributed by atoms with Crippen LogP contribution in [0.5, 0.6) is 0 Å². The van der Waals surface area contributed by atoms with E-state index in [-0.39, 0.29) is 0 Å². The Kier molecular flexibility index (Phi) is 11.1. The molecule has 0 nitrogen and oxygen atoms in total. The van der Waals surface area contributed by atoms with Gasteiger partial charge >= 0.3 is 385 Å². The van der Waals surface area contributed by atoms with Gasteiger partial charge in [-0.3, -0.25) is 0 Å². The zero-order valence-electron chi connectivity index (χ0n) is 39.0. The molecular formula is C60H65SiZr. The molecule has 4 aliphatic rings. The predicted molar refractivity (Wildman–Crippen MR) is 268 cm³/mol. The Labute approximate surface area is 381 Å². The van der Waals surface area contributed by atoms with E-state index < -0.39 is 26.8 Å². The Morgan fingerprint density at radius 3 is 0.952 bits per heavy atom. The van der Waals surface area contributed by atoms with Crippen LogP contribution >= 0.6 is 0 Å². The Bertz CT molecular complexity index is 2570. The number of rotatable bonds is 11. The van der Waals surface area contributed by atoms with Gasteiger partial charge in [-0.1, -0.05) is 0 Å². The average molecular weight is 905 g/mol. The van der Waals surface area contributed by atoms with Gasteiger partial charge in [-0.15, -0.1) is 0 Å². The monoisotopic (exact) mass is 903 g/mol. The van der Waals surface area contributed by atoms with E-state index in [1.807, 2.05) is 0 Å². The third-order valence-corrected chi connectivity index (χ3v) is 36.1. The molecule has 0 heterocycles. The van der Waals surface area contributed by atoms with Gasteiger partial charge < -0.3 is 0 Å². The molecule has 2 heteroatoms. The second kappa shape index (κ2) is 16.5. The molecule has 2 fully saturated rings. The molecule has 0 spiro atoms. The summed E-state index contributed by atoms with van der Waals surface area (Å²) < 4.78 is 1.13. The van der Waals surface area contributed by atoms with Gasteiger partial charge in [0.1, 0.15) is 0 Å². The maximum atomic E-state index is 2.80. The van der Waals surface area contributed by atoms with E-state index in [4.69, 9.17) is 0 Å². The normalized spacial score (nSPS) is 17.9. The second-order valence-corrected chi connectivity index (χ2v) is 40.8. The first kappa shape index (κ1) is 41.9. The molecule has 2 saturated carbocycles. The summed E-state index contributed by atoms with van der Waals surface area (Å²) in [6.45, 7) is 23.9. The second-order valence-electron chi connectivity index (χ2n) is 20.7. The molecule has 0 amide bonds. The molecule has 0 bridgehead atoms. The Morgan fingerprint density at radius 2 is 0.677 bits per heavy atom. The molecule has 6 aromatic carbocycles. The van der Waals surface area contributed by atoms with Crippen molar-refractivity contribution >= 4 is 18.1 Å². The molecule has 0 radical (unpaired) electrons. The molecule has 0 aromatic heterocycles. The molecule has 2 atom stereocenters. The van der Waals surface area contributed by atoms with Crippen molar-refractivity contribution in [2.45, 2.75) is 114 Å². The fourth-order valence-corrected chi connectivity index (χ4v) is 34.7.